The van der Waals surface area contributed by atoms with Crippen LogP contribution in [0.3, 0.4) is 0 Å². The van der Waals surface area contributed by atoms with Crippen LogP contribution in [0.4, 0.5) is 0 Å². The summed E-state index contributed by atoms with van der Waals surface area (Å²) in [6.45, 7) is 5.65. The highest BCUT2D eigenvalue weighted by molar-refractivity contribution is 5.15. The maximum Gasteiger partial charge on any atom is 0.0663 e. The topological polar surface area (TPSA) is 41.3 Å². The monoisotopic (exact) mass is 257 g/mol. The molecule has 1 aromatic carbocycles. The Hall–Kier alpha value is -1.34. The third-order valence-electron chi connectivity index (χ3n) is 3.85. The van der Waals surface area contributed by atoms with Crippen LogP contribution >= 0.6 is 0 Å². The van der Waals surface area contributed by atoms with Gasteiger partial charge in [0.25, 0.3) is 0 Å². The van der Waals surface area contributed by atoms with Gasteiger partial charge >= 0.3 is 0 Å². The molecule has 0 saturated carbocycles. The number of benzene rings is 1. The fraction of sp³-hybridized carbons (Fsp3) is 0.500. The summed E-state index contributed by atoms with van der Waals surface area (Å²) in [5.74, 6) is 2.73. The van der Waals surface area contributed by atoms with Gasteiger partial charge < -0.3 is 5.73 Å². The number of hydrogen-bond donors (Lipinski definition) is 2. The maximum absolute atomic E-state index is 5.97. The van der Waals surface area contributed by atoms with E-state index in [0.29, 0.717) is 6.54 Å². The van der Waals surface area contributed by atoms with E-state index in [0.717, 1.165) is 26.1 Å². The van der Waals surface area contributed by atoms with Crippen LogP contribution in [0.5, 0.6) is 0 Å². The van der Waals surface area contributed by atoms with E-state index in [9.17, 15) is 0 Å². The van der Waals surface area contributed by atoms with E-state index in [4.69, 9.17) is 12.2 Å². The molecule has 1 saturated heterocycles. The molecule has 2 atom stereocenters. The minimum atomic E-state index is -0.0272. The second-order valence-electron chi connectivity index (χ2n) is 5.46. The molecule has 1 aliphatic rings. The van der Waals surface area contributed by atoms with Crippen molar-refractivity contribution in [2.75, 3.05) is 19.6 Å². The number of terminal acetylenes is 1. The van der Waals surface area contributed by atoms with Crippen molar-refractivity contribution in [1.29, 1.82) is 0 Å². The minimum Gasteiger partial charge on any atom is -0.329 e. The first-order valence-corrected chi connectivity index (χ1v) is 6.88. The van der Waals surface area contributed by atoms with E-state index in [1.165, 1.54) is 5.56 Å². The summed E-state index contributed by atoms with van der Waals surface area (Å²) in [6, 6.07) is 10.6. The first kappa shape index (κ1) is 14.1. The minimum absolute atomic E-state index is 0.0272. The van der Waals surface area contributed by atoms with E-state index in [1.54, 1.807) is 0 Å². The summed E-state index contributed by atoms with van der Waals surface area (Å²) in [7, 11) is 0. The maximum atomic E-state index is 5.97. The van der Waals surface area contributed by atoms with Crippen molar-refractivity contribution >= 4 is 0 Å². The Morgan fingerprint density at radius 3 is 2.84 bits per heavy atom. The first-order valence-electron chi connectivity index (χ1n) is 6.88. The number of rotatable bonds is 5. The van der Waals surface area contributed by atoms with Crippen molar-refractivity contribution < 1.29 is 0 Å². The van der Waals surface area contributed by atoms with E-state index < -0.39 is 0 Å². The van der Waals surface area contributed by atoms with Crippen LogP contribution in [0.25, 0.3) is 0 Å². The molecule has 0 aliphatic carbocycles. The van der Waals surface area contributed by atoms with Crippen molar-refractivity contribution in [3.63, 3.8) is 0 Å². The lowest BCUT2D eigenvalue weighted by atomic mass is 9.97. The fourth-order valence-electron chi connectivity index (χ4n) is 2.78. The average Bonchev–Trinajstić information content (AvgIpc) is 2.83. The van der Waals surface area contributed by atoms with E-state index in [2.05, 4.69) is 40.4 Å². The van der Waals surface area contributed by atoms with Gasteiger partial charge in [0.05, 0.1) is 6.04 Å². The summed E-state index contributed by atoms with van der Waals surface area (Å²) in [5, 5.41) is 3.50. The highest BCUT2D eigenvalue weighted by Crippen LogP contribution is 2.22. The van der Waals surface area contributed by atoms with Crippen LogP contribution in [0.15, 0.2) is 30.3 Å². The molecule has 3 nitrogen and oxygen atoms in total. The fourth-order valence-corrected chi connectivity index (χ4v) is 2.78. The molecule has 3 N–H and O–H groups in total. The van der Waals surface area contributed by atoms with Crippen LogP contribution in [0, 0.1) is 12.3 Å². The van der Waals surface area contributed by atoms with Gasteiger partial charge in [-0.15, -0.1) is 6.42 Å². The molecule has 1 aromatic rings. The van der Waals surface area contributed by atoms with Crippen LogP contribution in [0.1, 0.15) is 18.9 Å². The molecule has 3 heteroatoms. The Morgan fingerprint density at radius 1 is 1.47 bits per heavy atom. The second kappa shape index (κ2) is 6.21. The van der Waals surface area contributed by atoms with E-state index in [1.807, 2.05) is 13.0 Å². The number of likely N-dealkylation sites (tertiary alicyclic amines) is 1. The lowest BCUT2D eigenvalue weighted by molar-refractivity contribution is 0.272. The van der Waals surface area contributed by atoms with Crippen molar-refractivity contribution in [3.8, 4) is 12.3 Å². The SMILES string of the molecule is C#CC(C)NC1(CN)CCN(Cc2ccccc2)C1. The Balaban J connectivity index is 1.96. The van der Waals surface area contributed by atoms with Gasteiger partial charge in [0.1, 0.15) is 0 Å². The van der Waals surface area contributed by atoms with Crippen molar-refractivity contribution in [3.05, 3.63) is 35.9 Å². The zero-order valence-electron chi connectivity index (χ0n) is 11.6. The molecule has 19 heavy (non-hydrogen) atoms. The quantitative estimate of drug-likeness (QED) is 0.779. The van der Waals surface area contributed by atoms with Gasteiger partial charge in [-0.25, -0.2) is 0 Å². The van der Waals surface area contributed by atoms with Gasteiger partial charge in [-0.2, -0.15) is 0 Å². The van der Waals surface area contributed by atoms with Crippen LogP contribution < -0.4 is 11.1 Å². The van der Waals surface area contributed by atoms with Crippen LogP contribution in [0.2, 0.25) is 0 Å². The van der Waals surface area contributed by atoms with E-state index >= 15 is 0 Å². The number of nitrogens with zero attached hydrogens (tertiary/aromatic N) is 1. The highest BCUT2D eigenvalue weighted by atomic mass is 15.2. The Bertz CT molecular complexity index is 437. The molecular weight excluding hydrogens is 234 g/mol. The third kappa shape index (κ3) is 3.57. The molecule has 0 radical (unpaired) electrons. The third-order valence-corrected chi connectivity index (χ3v) is 3.85. The smallest absolute Gasteiger partial charge is 0.0663 e. The zero-order valence-corrected chi connectivity index (χ0v) is 11.6. The van der Waals surface area contributed by atoms with Gasteiger partial charge in [0, 0.05) is 31.7 Å². The molecule has 0 bridgehead atoms. The predicted molar refractivity (Wildman–Crippen MR) is 79.6 cm³/mol. The van der Waals surface area contributed by atoms with Gasteiger partial charge in [-0.3, -0.25) is 10.2 Å². The molecule has 102 valence electrons. The van der Waals surface area contributed by atoms with Crippen molar-refractivity contribution in [1.82, 2.24) is 10.2 Å². The number of nitrogens with two attached hydrogens (primary N) is 1. The summed E-state index contributed by atoms with van der Waals surface area (Å²) in [6.07, 6.45) is 6.51. The normalized spacial score (nSPS) is 25.1. The van der Waals surface area contributed by atoms with Gasteiger partial charge in [-0.05, 0) is 18.9 Å². The highest BCUT2D eigenvalue weighted by Gasteiger charge is 2.37. The lowest BCUT2D eigenvalue weighted by Crippen LogP contribution is -2.55. The summed E-state index contributed by atoms with van der Waals surface area (Å²) >= 11 is 0. The number of hydrogen-bond acceptors (Lipinski definition) is 3. The van der Waals surface area contributed by atoms with Crippen molar-refractivity contribution in [2.45, 2.75) is 31.5 Å². The van der Waals surface area contributed by atoms with Gasteiger partial charge in [-0.1, -0.05) is 36.3 Å². The van der Waals surface area contributed by atoms with Gasteiger partial charge in [0.2, 0.25) is 0 Å². The van der Waals surface area contributed by atoms with Gasteiger partial charge in [0.15, 0.2) is 0 Å². The molecular formula is C16H23N3. The Kier molecular flexibility index (Phi) is 4.60. The summed E-state index contributed by atoms with van der Waals surface area (Å²) < 4.78 is 0. The van der Waals surface area contributed by atoms with E-state index in [-0.39, 0.29) is 11.6 Å². The van der Waals surface area contributed by atoms with Crippen LogP contribution in [-0.4, -0.2) is 36.1 Å². The predicted octanol–water partition coefficient (Wildman–Crippen LogP) is 1.20. The molecule has 0 spiro atoms. The van der Waals surface area contributed by atoms with Crippen LogP contribution in [-0.2, 0) is 6.54 Å². The standard InChI is InChI=1S/C16H23N3/c1-3-14(2)18-16(12-17)9-10-19(13-16)11-15-7-5-4-6-8-15/h1,4-8,14,18H,9-13,17H2,2H3. The molecule has 1 fully saturated rings. The summed E-state index contributed by atoms with van der Waals surface area (Å²) in [4.78, 5) is 2.44. The number of nitrogens with one attached hydrogen (secondary N) is 1. The average molecular weight is 257 g/mol. The lowest BCUT2D eigenvalue weighted by Gasteiger charge is -2.31. The molecule has 2 unspecified atom stereocenters. The second-order valence-corrected chi connectivity index (χ2v) is 5.46. The Labute approximate surface area is 116 Å². The molecule has 2 rings (SSSR count). The molecule has 1 heterocycles. The first-order chi connectivity index (χ1) is 9.17. The molecule has 1 aliphatic heterocycles. The summed E-state index contributed by atoms with van der Waals surface area (Å²) in [5.41, 5.74) is 7.29. The zero-order chi connectivity index (χ0) is 13.7. The van der Waals surface area contributed by atoms with Crippen molar-refractivity contribution in [2.24, 2.45) is 5.73 Å². The molecule has 0 aromatic heterocycles. The largest absolute Gasteiger partial charge is 0.329 e. The Morgan fingerprint density at radius 2 is 2.21 bits per heavy atom. The molecule has 0 amide bonds.